The fourth-order valence-corrected chi connectivity index (χ4v) is 5.96. The molecule has 0 fully saturated rings. The van der Waals surface area contributed by atoms with Crippen LogP contribution in [0.15, 0.2) is 14.7 Å². The molecule has 1 N–H and O–H groups in total. The molecule has 0 bridgehead atoms. The van der Waals surface area contributed by atoms with Crippen LogP contribution in [0.4, 0.5) is 0 Å². The molecule has 0 saturated carbocycles. The summed E-state index contributed by atoms with van der Waals surface area (Å²) < 4.78 is 27.7. The molecule has 4 nitrogen and oxygen atoms in total. The molecule has 0 spiro atoms. The highest BCUT2D eigenvalue weighted by Crippen LogP contribution is 2.33. The third-order valence-electron chi connectivity index (χ3n) is 3.12. The second kappa shape index (κ2) is 8.62. The topological polar surface area (TPSA) is 49.4 Å². The lowest BCUT2D eigenvalue weighted by atomic mass is 10.3. The summed E-state index contributed by atoms with van der Waals surface area (Å²) in [7, 11) is -3.40. The number of hydrogen-bond acceptors (Lipinski definition) is 4. The Morgan fingerprint density at radius 3 is 2.57 bits per heavy atom. The van der Waals surface area contributed by atoms with Gasteiger partial charge in [-0.15, -0.1) is 11.3 Å². The van der Waals surface area contributed by atoms with Gasteiger partial charge in [0.25, 0.3) is 0 Å². The van der Waals surface area contributed by atoms with Crippen LogP contribution in [-0.2, 0) is 16.6 Å². The van der Waals surface area contributed by atoms with Crippen molar-refractivity contribution in [2.75, 3.05) is 13.1 Å². The lowest BCUT2D eigenvalue weighted by molar-refractivity contribution is 0.419. The first-order valence-corrected chi connectivity index (χ1v) is 10.4. The van der Waals surface area contributed by atoms with E-state index in [4.69, 9.17) is 0 Å². The van der Waals surface area contributed by atoms with Crippen molar-refractivity contribution in [1.29, 1.82) is 0 Å². The number of thiophene rings is 1. The van der Waals surface area contributed by atoms with E-state index in [0.717, 1.165) is 17.7 Å². The number of nitrogens with zero attached hydrogens (tertiary/aromatic N) is 1. The zero-order chi connectivity index (χ0) is 16.0. The first kappa shape index (κ1) is 19.1. The smallest absolute Gasteiger partial charge is 0.245 e. The largest absolute Gasteiger partial charge is 0.310 e. The Morgan fingerprint density at radius 1 is 1.38 bits per heavy atom. The maximum absolute atomic E-state index is 12.7. The van der Waals surface area contributed by atoms with E-state index in [9.17, 15) is 8.42 Å². The van der Waals surface area contributed by atoms with Gasteiger partial charge in [0, 0.05) is 30.6 Å². The van der Waals surface area contributed by atoms with Crippen LogP contribution in [-0.4, -0.2) is 31.9 Å². The van der Waals surface area contributed by atoms with Crippen molar-refractivity contribution in [3.63, 3.8) is 0 Å². The molecule has 0 unspecified atom stereocenters. The van der Waals surface area contributed by atoms with Gasteiger partial charge in [-0.05, 0) is 28.4 Å². The monoisotopic (exact) mass is 396 g/mol. The second-order valence-electron chi connectivity index (χ2n) is 5.24. The highest BCUT2D eigenvalue weighted by Gasteiger charge is 2.26. The SMILES string of the molecule is CCCCN(CC)S(=O)(=O)c1cc(CNC(C)C)sc1Br. The maximum atomic E-state index is 12.7. The first-order chi connectivity index (χ1) is 9.82. The van der Waals surface area contributed by atoms with E-state index in [1.54, 1.807) is 10.4 Å². The lowest BCUT2D eigenvalue weighted by Crippen LogP contribution is -2.31. The molecule has 0 aromatic carbocycles. The minimum Gasteiger partial charge on any atom is -0.310 e. The van der Waals surface area contributed by atoms with Gasteiger partial charge in [-0.3, -0.25) is 0 Å². The zero-order valence-corrected chi connectivity index (χ0v) is 16.4. The molecule has 0 amide bonds. The minimum absolute atomic E-state index is 0.377. The summed E-state index contributed by atoms with van der Waals surface area (Å²) in [6, 6.07) is 2.16. The van der Waals surface area contributed by atoms with Gasteiger partial charge in [0.1, 0.15) is 4.90 Å². The van der Waals surface area contributed by atoms with Crippen LogP contribution < -0.4 is 5.32 Å². The maximum Gasteiger partial charge on any atom is 0.245 e. The summed E-state index contributed by atoms with van der Waals surface area (Å²) >= 11 is 4.89. The third-order valence-corrected chi connectivity index (χ3v) is 7.35. The molecule has 0 aliphatic heterocycles. The Hall–Kier alpha value is 0.0500. The molecule has 1 rings (SSSR count). The molecule has 1 aromatic rings. The molecule has 1 heterocycles. The Bertz CT molecular complexity index is 541. The summed E-state index contributed by atoms with van der Waals surface area (Å²) in [5.74, 6) is 0. The van der Waals surface area contributed by atoms with Gasteiger partial charge >= 0.3 is 0 Å². The summed E-state index contributed by atoms with van der Waals surface area (Å²) in [4.78, 5) is 1.42. The van der Waals surface area contributed by atoms with E-state index >= 15 is 0 Å². The van der Waals surface area contributed by atoms with Gasteiger partial charge in [0.15, 0.2) is 0 Å². The molecular formula is C14H25BrN2O2S2. The molecule has 122 valence electrons. The van der Waals surface area contributed by atoms with Crippen LogP contribution in [0, 0.1) is 0 Å². The molecule has 0 atom stereocenters. The van der Waals surface area contributed by atoms with E-state index in [2.05, 4.69) is 42.0 Å². The van der Waals surface area contributed by atoms with Crippen molar-refractivity contribution in [2.24, 2.45) is 0 Å². The third kappa shape index (κ3) is 5.32. The molecule has 0 aliphatic carbocycles. The quantitative estimate of drug-likeness (QED) is 0.689. The fraction of sp³-hybridized carbons (Fsp3) is 0.714. The predicted molar refractivity (Wildman–Crippen MR) is 93.3 cm³/mol. The number of halogens is 1. The lowest BCUT2D eigenvalue weighted by Gasteiger charge is -2.19. The van der Waals surface area contributed by atoms with E-state index in [1.165, 1.54) is 11.3 Å². The highest BCUT2D eigenvalue weighted by atomic mass is 79.9. The van der Waals surface area contributed by atoms with Crippen molar-refractivity contribution >= 4 is 37.3 Å². The van der Waals surface area contributed by atoms with Crippen LogP contribution in [0.3, 0.4) is 0 Å². The number of hydrogen-bond donors (Lipinski definition) is 1. The average molecular weight is 397 g/mol. The standard InChI is InChI=1S/C14H25BrN2O2S2/c1-5-7-8-17(6-2)21(18,19)13-9-12(20-14(13)15)10-16-11(3)4/h9,11,16H,5-8,10H2,1-4H3. The van der Waals surface area contributed by atoms with Gasteiger partial charge in [0.05, 0.1) is 3.79 Å². The molecule has 1 aromatic heterocycles. The van der Waals surface area contributed by atoms with Gasteiger partial charge in [-0.2, -0.15) is 4.31 Å². The van der Waals surface area contributed by atoms with Crippen molar-refractivity contribution in [3.8, 4) is 0 Å². The summed E-state index contributed by atoms with van der Waals surface area (Å²) in [5, 5.41) is 3.31. The predicted octanol–water partition coefficient (Wildman–Crippen LogP) is 3.82. The zero-order valence-electron chi connectivity index (χ0n) is 13.1. The van der Waals surface area contributed by atoms with Gasteiger partial charge in [-0.25, -0.2) is 8.42 Å². The molecule has 21 heavy (non-hydrogen) atoms. The minimum atomic E-state index is -3.40. The van der Waals surface area contributed by atoms with E-state index in [0.29, 0.717) is 34.4 Å². The van der Waals surface area contributed by atoms with Crippen molar-refractivity contribution in [2.45, 2.75) is 58.0 Å². The number of rotatable bonds is 9. The number of nitrogens with one attached hydrogen (secondary N) is 1. The first-order valence-electron chi connectivity index (χ1n) is 7.34. The van der Waals surface area contributed by atoms with Crippen LogP contribution in [0.2, 0.25) is 0 Å². The van der Waals surface area contributed by atoms with E-state index in [-0.39, 0.29) is 0 Å². The normalized spacial score (nSPS) is 12.5. The van der Waals surface area contributed by atoms with Crippen molar-refractivity contribution in [3.05, 3.63) is 14.7 Å². The van der Waals surface area contributed by atoms with Gasteiger partial charge < -0.3 is 5.32 Å². The summed E-state index contributed by atoms with van der Waals surface area (Å²) in [5.41, 5.74) is 0. The molecule has 0 aliphatic rings. The fourth-order valence-electron chi connectivity index (χ4n) is 1.89. The highest BCUT2D eigenvalue weighted by molar-refractivity contribution is 9.11. The molecule has 0 saturated heterocycles. The van der Waals surface area contributed by atoms with E-state index < -0.39 is 10.0 Å². The van der Waals surface area contributed by atoms with Crippen LogP contribution >= 0.6 is 27.3 Å². The summed E-state index contributed by atoms with van der Waals surface area (Å²) in [6.07, 6.45) is 1.87. The second-order valence-corrected chi connectivity index (χ2v) is 9.60. The van der Waals surface area contributed by atoms with Crippen LogP contribution in [0.1, 0.15) is 45.4 Å². The Labute approximate surface area is 141 Å². The van der Waals surface area contributed by atoms with Crippen LogP contribution in [0.5, 0.6) is 0 Å². The Balaban J connectivity index is 2.96. The number of sulfonamides is 1. The molecule has 0 radical (unpaired) electrons. The number of unbranched alkanes of at least 4 members (excludes halogenated alkanes) is 1. The Morgan fingerprint density at radius 2 is 2.05 bits per heavy atom. The van der Waals surface area contributed by atoms with Crippen LogP contribution in [0.25, 0.3) is 0 Å². The average Bonchev–Trinajstić information content (AvgIpc) is 2.79. The van der Waals surface area contributed by atoms with Crippen molar-refractivity contribution < 1.29 is 8.42 Å². The summed E-state index contributed by atoms with van der Waals surface area (Å²) in [6.45, 7) is 9.87. The molecule has 7 heteroatoms. The Kier molecular flexibility index (Phi) is 7.84. The molecular weight excluding hydrogens is 372 g/mol. The van der Waals surface area contributed by atoms with E-state index in [1.807, 2.05) is 6.92 Å². The van der Waals surface area contributed by atoms with Gasteiger partial charge in [-0.1, -0.05) is 34.1 Å². The van der Waals surface area contributed by atoms with Gasteiger partial charge in [0.2, 0.25) is 10.0 Å². The van der Waals surface area contributed by atoms with Crippen molar-refractivity contribution in [1.82, 2.24) is 9.62 Å².